The van der Waals surface area contributed by atoms with E-state index in [2.05, 4.69) is 5.32 Å². The number of aliphatic hydroxyl groups is 1. The van der Waals surface area contributed by atoms with E-state index in [0.717, 1.165) is 0 Å². The van der Waals surface area contributed by atoms with Gasteiger partial charge in [-0.05, 0) is 26.7 Å². The van der Waals surface area contributed by atoms with Gasteiger partial charge in [0.25, 0.3) is 0 Å². The Labute approximate surface area is 102 Å². The highest BCUT2D eigenvalue weighted by Crippen LogP contribution is 2.31. The molecule has 0 spiro atoms. The average Bonchev–Trinajstić information content (AvgIpc) is 2.25. The van der Waals surface area contributed by atoms with Gasteiger partial charge >= 0.3 is 5.97 Å². The number of nitrogens with one attached hydrogen (secondary N) is 1. The van der Waals surface area contributed by atoms with Crippen LogP contribution in [0.25, 0.3) is 0 Å². The summed E-state index contributed by atoms with van der Waals surface area (Å²) in [7, 11) is 0. The molecule has 0 saturated carbocycles. The summed E-state index contributed by atoms with van der Waals surface area (Å²) in [6.07, 6.45) is 0.760. The highest BCUT2D eigenvalue weighted by molar-refractivity contribution is 5.85. The van der Waals surface area contributed by atoms with Crippen LogP contribution in [-0.2, 0) is 9.59 Å². The molecular weight excluding hydrogens is 222 g/mol. The summed E-state index contributed by atoms with van der Waals surface area (Å²) in [6.45, 7) is 6.72. The average molecular weight is 245 g/mol. The Morgan fingerprint density at radius 1 is 1.18 bits per heavy atom. The Kier molecular flexibility index (Phi) is 5.61. The lowest BCUT2D eigenvalue weighted by molar-refractivity contribution is -0.152. The van der Waals surface area contributed by atoms with Gasteiger partial charge < -0.3 is 15.5 Å². The van der Waals surface area contributed by atoms with Gasteiger partial charge in [-0.1, -0.05) is 13.8 Å². The second kappa shape index (κ2) is 6.00. The first-order chi connectivity index (χ1) is 7.73. The summed E-state index contributed by atoms with van der Waals surface area (Å²) in [6, 6.07) is 0. The minimum Gasteiger partial charge on any atom is -0.481 e. The lowest BCUT2D eigenvalue weighted by Crippen LogP contribution is -2.48. The molecule has 1 amide bonds. The van der Waals surface area contributed by atoms with Crippen molar-refractivity contribution in [3.8, 4) is 0 Å². The van der Waals surface area contributed by atoms with E-state index in [1.807, 2.05) is 0 Å². The zero-order valence-electron chi connectivity index (χ0n) is 11.0. The molecule has 0 aliphatic carbocycles. The van der Waals surface area contributed by atoms with Crippen molar-refractivity contribution in [3.63, 3.8) is 0 Å². The van der Waals surface area contributed by atoms with Crippen molar-refractivity contribution in [1.82, 2.24) is 5.32 Å². The second-order valence-corrected chi connectivity index (χ2v) is 5.06. The highest BCUT2D eigenvalue weighted by Gasteiger charge is 2.38. The van der Waals surface area contributed by atoms with E-state index in [1.54, 1.807) is 27.7 Å². The molecule has 0 atom stereocenters. The molecule has 0 rings (SSSR count). The van der Waals surface area contributed by atoms with Gasteiger partial charge in [-0.25, -0.2) is 0 Å². The van der Waals surface area contributed by atoms with Gasteiger partial charge in [0.1, 0.15) is 0 Å². The first kappa shape index (κ1) is 15.9. The Morgan fingerprint density at radius 3 is 1.94 bits per heavy atom. The first-order valence-electron chi connectivity index (χ1n) is 5.88. The van der Waals surface area contributed by atoms with Crippen LogP contribution < -0.4 is 5.32 Å². The zero-order valence-corrected chi connectivity index (χ0v) is 11.0. The van der Waals surface area contributed by atoms with Gasteiger partial charge in [0.2, 0.25) is 5.91 Å². The number of amides is 1. The van der Waals surface area contributed by atoms with E-state index in [1.165, 1.54) is 0 Å². The number of carboxylic acid groups (broad SMARTS) is 1. The molecule has 0 bridgehead atoms. The SMILES string of the molecule is CCC(CC)(CC(=O)NC(C)(C)CO)C(=O)O. The summed E-state index contributed by atoms with van der Waals surface area (Å²) < 4.78 is 0. The first-order valence-corrected chi connectivity index (χ1v) is 5.88. The lowest BCUT2D eigenvalue weighted by Gasteiger charge is -2.29. The van der Waals surface area contributed by atoms with Crippen LogP contribution in [0.15, 0.2) is 0 Å². The minimum absolute atomic E-state index is 0.0568. The third-order valence-electron chi connectivity index (χ3n) is 3.18. The van der Waals surface area contributed by atoms with Crippen LogP contribution >= 0.6 is 0 Å². The summed E-state index contributed by atoms with van der Waals surface area (Å²) in [5.74, 6) is -1.28. The molecule has 0 fully saturated rings. The Bertz CT molecular complexity index is 282. The van der Waals surface area contributed by atoms with Crippen molar-refractivity contribution in [2.24, 2.45) is 5.41 Å². The fourth-order valence-corrected chi connectivity index (χ4v) is 1.65. The van der Waals surface area contributed by atoms with Crippen LogP contribution in [0.1, 0.15) is 47.0 Å². The molecule has 3 N–H and O–H groups in total. The van der Waals surface area contributed by atoms with Gasteiger partial charge in [-0.3, -0.25) is 9.59 Å². The summed E-state index contributed by atoms with van der Waals surface area (Å²) in [4.78, 5) is 23.0. The van der Waals surface area contributed by atoms with Gasteiger partial charge in [-0.2, -0.15) is 0 Å². The molecule has 17 heavy (non-hydrogen) atoms. The van der Waals surface area contributed by atoms with Gasteiger partial charge in [-0.15, -0.1) is 0 Å². The van der Waals surface area contributed by atoms with E-state index in [4.69, 9.17) is 5.11 Å². The molecule has 0 aromatic rings. The number of hydrogen-bond acceptors (Lipinski definition) is 3. The zero-order chi connectivity index (χ0) is 13.7. The van der Waals surface area contributed by atoms with Crippen molar-refractivity contribution in [2.45, 2.75) is 52.5 Å². The van der Waals surface area contributed by atoms with Crippen LogP contribution in [-0.4, -0.2) is 34.2 Å². The smallest absolute Gasteiger partial charge is 0.310 e. The predicted octanol–water partition coefficient (Wildman–Crippen LogP) is 1.15. The predicted molar refractivity (Wildman–Crippen MR) is 64.6 cm³/mol. The molecule has 5 heteroatoms. The monoisotopic (exact) mass is 245 g/mol. The third kappa shape index (κ3) is 4.34. The number of aliphatic hydroxyl groups excluding tert-OH is 1. The molecule has 0 saturated heterocycles. The molecule has 0 aromatic carbocycles. The lowest BCUT2D eigenvalue weighted by atomic mass is 9.79. The van der Waals surface area contributed by atoms with E-state index in [-0.39, 0.29) is 18.9 Å². The van der Waals surface area contributed by atoms with Crippen LogP contribution in [0, 0.1) is 5.41 Å². The maximum atomic E-state index is 11.8. The normalized spacial score (nSPS) is 12.3. The number of hydrogen-bond donors (Lipinski definition) is 3. The van der Waals surface area contributed by atoms with E-state index < -0.39 is 16.9 Å². The standard InChI is InChI=1S/C12H23NO4/c1-5-12(6-2,10(16)17)7-9(15)13-11(3,4)8-14/h14H,5-8H2,1-4H3,(H,13,15)(H,16,17). The molecule has 100 valence electrons. The van der Waals surface area contributed by atoms with Gasteiger partial charge in [0.15, 0.2) is 0 Å². The molecule has 5 nitrogen and oxygen atoms in total. The van der Waals surface area contributed by atoms with E-state index in [0.29, 0.717) is 12.8 Å². The number of rotatable bonds is 7. The summed E-state index contributed by atoms with van der Waals surface area (Å²) >= 11 is 0. The van der Waals surface area contributed by atoms with Crippen molar-refractivity contribution in [1.29, 1.82) is 0 Å². The number of carbonyl (C=O) groups is 2. The Hall–Kier alpha value is -1.10. The molecule has 0 aliphatic rings. The van der Waals surface area contributed by atoms with Crippen LogP contribution in [0.5, 0.6) is 0 Å². The van der Waals surface area contributed by atoms with Gasteiger partial charge in [0, 0.05) is 6.42 Å². The van der Waals surface area contributed by atoms with E-state index >= 15 is 0 Å². The molecule has 0 unspecified atom stereocenters. The molecule has 0 aliphatic heterocycles. The van der Waals surface area contributed by atoms with E-state index in [9.17, 15) is 14.7 Å². The fraction of sp³-hybridized carbons (Fsp3) is 0.833. The third-order valence-corrected chi connectivity index (χ3v) is 3.18. The van der Waals surface area contributed by atoms with Gasteiger partial charge in [0.05, 0.1) is 17.6 Å². The van der Waals surface area contributed by atoms with Crippen molar-refractivity contribution in [2.75, 3.05) is 6.61 Å². The van der Waals surface area contributed by atoms with Crippen LogP contribution in [0.4, 0.5) is 0 Å². The van der Waals surface area contributed by atoms with Crippen LogP contribution in [0.2, 0.25) is 0 Å². The maximum Gasteiger partial charge on any atom is 0.310 e. The van der Waals surface area contributed by atoms with Crippen molar-refractivity contribution >= 4 is 11.9 Å². The Morgan fingerprint density at radius 2 is 1.65 bits per heavy atom. The van der Waals surface area contributed by atoms with Crippen LogP contribution in [0.3, 0.4) is 0 Å². The fourth-order valence-electron chi connectivity index (χ4n) is 1.65. The molecule has 0 radical (unpaired) electrons. The van der Waals surface area contributed by atoms with Crippen molar-refractivity contribution < 1.29 is 19.8 Å². The minimum atomic E-state index is -1.00. The molecule has 0 aromatic heterocycles. The maximum absolute atomic E-state index is 11.8. The number of carbonyl (C=O) groups excluding carboxylic acids is 1. The summed E-state index contributed by atoms with van der Waals surface area (Å²) in [5, 5.41) is 20.9. The number of aliphatic carboxylic acids is 1. The second-order valence-electron chi connectivity index (χ2n) is 5.06. The quantitative estimate of drug-likeness (QED) is 0.628. The topological polar surface area (TPSA) is 86.6 Å². The largest absolute Gasteiger partial charge is 0.481 e. The molecular formula is C12H23NO4. The highest BCUT2D eigenvalue weighted by atomic mass is 16.4. The van der Waals surface area contributed by atoms with Crippen molar-refractivity contribution in [3.05, 3.63) is 0 Å². The Balaban J connectivity index is 4.69. The number of carboxylic acids is 1. The summed E-state index contributed by atoms with van der Waals surface area (Å²) in [5.41, 5.74) is -1.72. The molecule has 0 heterocycles.